The molecule has 0 saturated carbocycles. The molecule has 0 bridgehead atoms. The number of alkyl halides is 2. The maximum Gasteiger partial charge on any atom is 0.257 e. The van der Waals surface area contributed by atoms with Crippen LogP contribution in [0.5, 0.6) is 0 Å². The van der Waals surface area contributed by atoms with E-state index in [0.717, 1.165) is 6.26 Å². The molecule has 0 fully saturated rings. The molecule has 0 rings (SSSR count). The molecule has 13 heavy (non-hydrogen) atoms. The van der Waals surface area contributed by atoms with E-state index in [1.54, 1.807) is 20.8 Å². The van der Waals surface area contributed by atoms with Gasteiger partial charge in [0, 0.05) is 11.7 Å². The molecule has 0 saturated heterocycles. The van der Waals surface area contributed by atoms with Gasteiger partial charge in [-0.25, -0.2) is 8.42 Å². The van der Waals surface area contributed by atoms with Crippen LogP contribution in [-0.4, -0.2) is 23.6 Å². The van der Waals surface area contributed by atoms with E-state index in [1.807, 2.05) is 0 Å². The molecule has 0 aromatic carbocycles. The zero-order valence-corrected chi connectivity index (χ0v) is 11.0. The molecule has 0 heterocycles. The van der Waals surface area contributed by atoms with E-state index >= 15 is 0 Å². The Labute approximate surface area is 91.9 Å². The van der Waals surface area contributed by atoms with Crippen molar-refractivity contribution in [2.24, 2.45) is 5.41 Å². The Morgan fingerprint density at radius 1 is 1.31 bits per heavy atom. The third-order valence-corrected chi connectivity index (χ3v) is 5.66. The highest BCUT2D eigenvalue weighted by molar-refractivity contribution is 9.12. The van der Waals surface area contributed by atoms with E-state index in [1.165, 1.54) is 0 Å². The van der Waals surface area contributed by atoms with Gasteiger partial charge in [-0.2, -0.15) is 0 Å². The van der Waals surface area contributed by atoms with Crippen molar-refractivity contribution >= 4 is 43.2 Å². The highest BCUT2D eigenvalue weighted by atomic mass is 79.9. The van der Waals surface area contributed by atoms with E-state index in [4.69, 9.17) is 11.6 Å². The van der Waals surface area contributed by atoms with Crippen molar-refractivity contribution < 1.29 is 13.2 Å². The van der Waals surface area contributed by atoms with Crippen LogP contribution < -0.4 is 0 Å². The Morgan fingerprint density at radius 3 is 1.69 bits per heavy atom. The highest BCUT2D eigenvalue weighted by Gasteiger charge is 2.48. The fourth-order valence-electron chi connectivity index (χ4n) is 0.605. The molecule has 0 amide bonds. The third-order valence-electron chi connectivity index (χ3n) is 1.41. The van der Waals surface area contributed by atoms with E-state index in [-0.39, 0.29) is 0 Å². The van der Waals surface area contributed by atoms with Crippen molar-refractivity contribution in [3.05, 3.63) is 0 Å². The Hall–Kier alpha value is 0.390. The summed E-state index contributed by atoms with van der Waals surface area (Å²) in [6.07, 6.45) is 0.915. The van der Waals surface area contributed by atoms with Crippen LogP contribution >= 0.6 is 27.5 Å². The Kier molecular flexibility index (Phi) is 3.62. The summed E-state index contributed by atoms with van der Waals surface area (Å²) in [6.45, 7) is 4.83. The summed E-state index contributed by atoms with van der Waals surface area (Å²) in [7, 11) is -3.65. The first-order chi connectivity index (χ1) is 5.40. The summed E-state index contributed by atoms with van der Waals surface area (Å²) in [5.41, 5.74) is -0.797. The first-order valence-corrected chi connectivity index (χ1v) is 6.59. The summed E-state index contributed by atoms with van der Waals surface area (Å²) < 4.78 is 20.3. The molecule has 0 unspecified atom stereocenters. The Balaban J connectivity index is 5.23. The van der Waals surface area contributed by atoms with Crippen LogP contribution in [0.25, 0.3) is 0 Å². The smallest absolute Gasteiger partial charge is 0.257 e. The SMILES string of the molecule is CC(C)(C)C(=O)[C@@](Cl)(Br)S(C)(=O)=O. The Bertz CT molecular complexity index is 313. The quantitative estimate of drug-likeness (QED) is 0.731. The van der Waals surface area contributed by atoms with Crippen molar-refractivity contribution in [3.63, 3.8) is 0 Å². The molecule has 0 aliphatic carbocycles. The van der Waals surface area contributed by atoms with Gasteiger partial charge in [-0.05, 0) is 15.9 Å². The predicted octanol–water partition coefficient (Wildman–Crippen LogP) is 1.93. The molecule has 0 N–H and O–H groups in total. The lowest BCUT2D eigenvalue weighted by atomic mass is 9.92. The summed E-state index contributed by atoms with van der Waals surface area (Å²) in [4.78, 5) is 11.6. The second-order valence-corrected chi connectivity index (χ2v) is 8.99. The van der Waals surface area contributed by atoms with Crippen LogP contribution in [0.1, 0.15) is 20.8 Å². The van der Waals surface area contributed by atoms with Crippen molar-refractivity contribution in [3.8, 4) is 0 Å². The van der Waals surface area contributed by atoms with Gasteiger partial charge in [0.05, 0.1) is 0 Å². The lowest BCUT2D eigenvalue weighted by Gasteiger charge is -2.25. The number of Topliss-reactive ketones (excluding diaryl/α,β-unsaturated/α-hetero) is 1. The fraction of sp³-hybridized carbons (Fsp3) is 0.857. The lowest BCUT2D eigenvalue weighted by Crippen LogP contribution is -2.41. The zero-order chi connectivity index (χ0) is 11.1. The van der Waals surface area contributed by atoms with Crippen LogP contribution in [0.4, 0.5) is 0 Å². The number of sulfone groups is 1. The third kappa shape index (κ3) is 2.92. The molecule has 1 atom stereocenters. The minimum absolute atomic E-state index is 0.566. The molecule has 0 aliphatic rings. The van der Waals surface area contributed by atoms with Crippen molar-refractivity contribution in [1.29, 1.82) is 0 Å². The van der Waals surface area contributed by atoms with E-state index in [2.05, 4.69) is 15.9 Å². The van der Waals surface area contributed by atoms with Crippen molar-refractivity contribution in [2.75, 3.05) is 6.26 Å². The van der Waals surface area contributed by atoms with Gasteiger partial charge in [0.2, 0.25) is 0 Å². The molecule has 0 radical (unpaired) electrons. The number of carbonyl (C=O) groups excluding carboxylic acids is 1. The monoisotopic (exact) mass is 290 g/mol. The van der Waals surface area contributed by atoms with Crippen LogP contribution in [-0.2, 0) is 14.6 Å². The van der Waals surface area contributed by atoms with Gasteiger partial charge in [0.1, 0.15) is 0 Å². The van der Waals surface area contributed by atoms with E-state index in [0.29, 0.717) is 0 Å². The summed E-state index contributed by atoms with van der Waals surface area (Å²) >= 11 is 8.36. The maximum atomic E-state index is 11.6. The summed E-state index contributed by atoms with van der Waals surface area (Å²) in [5, 5.41) is 0. The van der Waals surface area contributed by atoms with Gasteiger partial charge in [-0.1, -0.05) is 32.4 Å². The van der Waals surface area contributed by atoms with Crippen molar-refractivity contribution in [1.82, 2.24) is 0 Å². The normalized spacial score (nSPS) is 18.0. The topological polar surface area (TPSA) is 51.2 Å². The van der Waals surface area contributed by atoms with Gasteiger partial charge < -0.3 is 0 Å². The molecule has 6 heteroatoms. The maximum absolute atomic E-state index is 11.6. The first-order valence-electron chi connectivity index (χ1n) is 3.53. The molecule has 0 aromatic heterocycles. The van der Waals surface area contributed by atoms with Crippen LogP contribution in [0, 0.1) is 5.41 Å². The first kappa shape index (κ1) is 13.4. The van der Waals surface area contributed by atoms with Crippen LogP contribution in [0.2, 0.25) is 0 Å². The molecule has 0 aliphatic heterocycles. The minimum atomic E-state index is -3.65. The molecule has 78 valence electrons. The number of halogens is 2. The fourth-order valence-corrected chi connectivity index (χ4v) is 2.13. The second-order valence-electron chi connectivity index (χ2n) is 3.87. The van der Waals surface area contributed by atoms with E-state index in [9.17, 15) is 13.2 Å². The summed E-state index contributed by atoms with van der Waals surface area (Å²) in [5.74, 6) is -0.566. The zero-order valence-electron chi connectivity index (χ0n) is 7.89. The number of carbonyl (C=O) groups is 1. The van der Waals surface area contributed by atoms with Gasteiger partial charge in [0.15, 0.2) is 15.6 Å². The highest BCUT2D eigenvalue weighted by Crippen LogP contribution is 2.37. The number of hydrogen-bond donors (Lipinski definition) is 0. The number of hydrogen-bond acceptors (Lipinski definition) is 3. The Morgan fingerprint density at radius 2 is 1.62 bits per heavy atom. The average molecular weight is 292 g/mol. The largest absolute Gasteiger partial charge is 0.295 e. The van der Waals surface area contributed by atoms with Crippen LogP contribution in [0.3, 0.4) is 0 Å². The van der Waals surface area contributed by atoms with Gasteiger partial charge >= 0.3 is 0 Å². The van der Waals surface area contributed by atoms with E-state index < -0.39 is 24.2 Å². The molecule has 0 aromatic rings. The lowest BCUT2D eigenvalue weighted by molar-refractivity contribution is -0.125. The summed E-state index contributed by atoms with van der Waals surface area (Å²) in [6, 6.07) is 0. The van der Waals surface area contributed by atoms with Gasteiger partial charge in [-0.15, -0.1) is 0 Å². The molecule has 0 spiro atoms. The van der Waals surface area contributed by atoms with Crippen LogP contribution in [0.15, 0.2) is 0 Å². The number of ketones is 1. The molecular formula is C7H12BrClO3S. The number of rotatable bonds is 2. The van der Waals surface area contributed by atoms with Crippen molar-refractivity contribution in [2.45, 2.75) is 23.9 Å². The molecular weight excluding hydrogens is 279 g/mol. The van der Waals surface area contributed by atoms with Gasteiger partial charge in [-0.3, -0.25) is 4.79 Å². The average Bonchev–Trinajstić information content (AvgIpc) is 1.81. The van der Waals surface area contributed by atoms with Gasteiger partial charge in [0.25, 0.3) is 3.12 Å². The second kappa shape index (κ2) is 3.51. The predicted molar refractivity (Wildman–Crippen MR) is 56.8 cm³/mol. The minimum Gasteiger partial charge on any atom is -0.295 e. The molecule has 3 nitrogen and oxygen atoms in total. The standard InChI is InChI=1S/C7H12BrClO3S/c1-6(2,3)5(10)7(8,9)13(4,11)12/h1-4H3/t7-/m0/s1.